The Bertz CT molecular complexity index is 1400. The van der Waals surface area contributed by atoms with Crippen LogP contribution in [0.25, 0.3) is 16.9 Å². The number of carbonyl (C=O) groups excluding carboxylic acids is 1. The van der Waals surface area contributed by atoms with E-state index in [4.69, 9.17) is 4.74 Å². The first-order valence-corrected chi connectivity index (χ1v) is 11.6. The van der Waals surface area contributed by atoms with Gasteiger partial charge >= 0.3 is 0 Å². The zero-order valence-electron chi connectivity index (χ0n) is 20.2. The number of hydrogen-bond donors (Lipinski definition) is 3. The highest BCUT2D eigenvalue weighted by Gasteiger charge is 2.25. The average Bonchev–Trinajstić information content (AvgIpc) is 3.34. The molecular formula is C25H29N7O3. The van der Waals surface area contributed by atoms with Gasteiger partial charge in [-0.05, 0) is 51.3 Å². The Balaban J connectivity index is 1.53. The van der Waals surface area contributed by atoms with Crippen molar-refractivity contribution in [2.45, 2.75) is 45.3 Å². The van der Waals surface area contributed by atoms with Crippen LogP contribution in [0.3, 0.4) is 0 Å². The number of amides is 1. The smallest absolute Gasteiger partial charge is 0.251 e. The minimum absolute atomic E-state index is 0.0434. The number of aromatic nitrogens is 5. The Hall–Kier alpha value is -3.92. The molecule has 10 nitrogen and oxygen atoms in total. The SMILES string of the molecule is Cc1cc(-c2cnc3c(NCC(C)(C)O)cc(Oc4cnn(C)c4)nn23)ccc1C(=O)NC1CC1. The van der Waals surface area contributed by atoms with E-state index >= 15 is 0 Å². The summed E-state index contributed by atoms with van der Waals surface area (Å²) in [6.07, 6.45) is 7.19. The number of aryl methyl sites for hydroxylation is 2. The highest BCUT2D eigenvalue weighted by molar-refractivity contribution is 5.96. The second-order valence-electron chi connectivity index (χ2n) is 9.67. The van der Waals surface area contributed by atoms with Crippen LogP contribution in [-0.4, -0.2) is 53.6 Å². The summed E-state index contributed by atoms with van der Waals surface area (Å²) in [6.45, 7) is 5.69. The third kappa shape index (κ3) is 5.12. The highest BCUT2D eigenvalue weighted by Crippen LogP contribution is 2.30. The molecule has 0 radical (unpaired) electrons. The van der Waals surface area contributed by atoms with E-state index in [2.05, 4.69) is 25.8 Å². The van der Waals surface area contributed by atoms with E-state index in [-0.39, 0.29) is 5.91 Å². The second-order valence-corrected chi connectivity index (χ2v) is 9.67. The molecule has 1 fully saturated rings. The van der Waals surface area contributed by atoms with Gasteiger partial charge in [0.1, 0.15) is 0 Å². The number of nitrogens with one attached hydrogen (secondary N) is 2. The Morgan fingerprint density at radius 2 is 2.06 bits per heavy atom. The van der Waals surface area contributed by atoms with Crippen molar-refractivity contribution < 1.29 is 14.6 Å². The van der Waals surface area contributed by atoms with Gasteiger partial charge in [-0.25, -0.2) is 9.50 Å². The number of nitrogens with zero attached hydrogens (tertiary/aromatic N) is 5. The third-order valence-electron chi connectivity index (χ3n) is 5.74. The first-order chi connectivity index (χ1) is 16.7. The van der Waals surface area contributed by atoms with Gasteiger partial charge in [0.05, 0.1) is 35.6 Å². The molecular weight excluding hydrogens is 446 g/mol. The van der Waals surface area contributed by atoms with Crippen molar-refractivity contribution >= 4 is 17.2 Å². The van der Waals surface area contributed by atoms with Crippen LogP contribution >= 0.6 is 0 Å². The summed E-state index contributed by atoms with van der Waals surface area (Å²) in [7, 11) is 1.81. The molecule has 3 heterocycles. The highest BCUT2D eigenvalue weighted by atomic mass is 16.5. The van der Waals surface area contributed by atoms with E-state index in [0.717, 1.165) is 29.7 Å². The lowest BCUT2D eigenvalue weighted by atomic mass is 10.0. The fourth-order valence-electron chi connectivity index (χ4n) is 3.78. The van der Waals surface area contributed by atoms with Gasteiger partial charge in [-0.3, -0.25) is 9.48 Å². The molecule has 0 atom stereocenters. The lowest BCUT2D eigenvalue weighted by molar-refractivity contribution is 0.0940. The maximum absolute atomic E-state index is 12.6. The zero-order chi connectivity index (χ0) is 24.7. The normalized spacial score (nSPS) is 13.7. The molecule has 10 heteroatoms. The van der Waals surface area contributed by atoms with Crippen LogP contribution in [-0.2, 0) is 7.05 Å². The van der Waals surface area contributed by atoms with Gasteiger partial charge in [-0.1, -0.05) is 6.07 Å². The summed E-state index contributed by atoms with van der Waals surface area (Å²) >= 11 is 0. The molecule has 5 rings (SSSR count). The Kier molecular flexibility index (Phi) is 5.68. The van der Waals surface area contributed by atoms with Crippen molar-refractivity contribution in [1.29, 1.82) is 0 Å². The first-order valence-electron chi connectivity index (χ1n) is 11.6. The first kappa shape index (κ1) is 22.9. The summed E-state index contributed by atoms with van der Waals surface area (Å²) in [4.78, 5) is 17.1. The molecule has 1 saturated carbocycles. The second kappa shape index (κ2) is 8.70. The summed E-state index contributed by atoms with van der Waals surface area (Å²) in [5, 5.41) is 25.3. The third-order valence-corrected chi connectivity index (χ3v) is 5.74. The van der Waals surface area contributed by atoms with Gasteiger partial charge in [0.25, 0.3) is 5.91 Å². The van der Waals surface area contributed by atoms with Gasteiger partial charge < -0.3 is 20.5 Å². The molecule has 182 valence electrons. The molecule has 1 aliphatic rings. The minimum Gasteiger partial charge on any atom is -0.434 e. The number of aliphatic hydroxyl groups is 1. The fourth-order valence-corrected chi connectivity index (χ4v) is 3.78. The lowest BCUT2D eigenvalue weighted by Gasteiger charge is -2.19. The van der Waals surface area contributed by atoms with Gasteiger partial charge in [-0.15, -0.1) is 5.10 Å². The number of carbonyl (C=O) groups is 1. The van der Waals surface area contributed by atoms with Crippen LogP contribution in [0.5, 0.6) is 11.6 Å². The van der Waals surface area contributed by atoms with Crippen LogP contribution < -0.4 is 15.4 Å². The number of anilines is 1. The van der Waals surface area contributed by atoms with Gasteiger partial charge in [0.2, 0.25) is 5.88 Å². The molecule has 3 aromatic heterocycles. The predicted molar refractivity (Wildman–Crippen MR) is 132 cm³/mol. The Morgan fingerprint density at radius 3 is 2.71 bits per heavy atom. The number of benzene rings is 1. The average molecular weight is 476 g/mol. The number of fused-ring (bicyclic) bond motifs is 1. The lowest BCUT2D eigenvalue weighted by Crippen LogP contribution is -2.29. The van der Waals surface area contributed by atoms with Crippen LogP contribution in [0.1, 0.15) is 42.6 Å². The largest absolute Gasteiger partial charge is 0.434 e. The van der Waals surface area contributed by atoms with E-state index in [1.807, 2.05) is 32.2 Å². The van der Waals surface area contributed by atoms with Gasteiger partial charge in [-0.2, -0.15) is 5.10 Å². The van der Waals surface area contributed by atoms with E-state index in [1.54, 1.807) is 47.7 Å². The van der Waals surface area contributed by atoms with E-state index in [9.17, 15) is 9.90 Å². The molecule has 1 aliphatic carbocycles. The van der Waals surface area contributed by atoms with Crippen LogP contribution in [0.15, 0.2) is 42.9 Å². The molecule has 1 amide bonds. The molecule has 0 saturated heterocycles. The number of ether oxygens (including phenoxy) is 1. The quantitative estimate of drug-likeness (QED) is 0.358. The molecule has 0 spiro atoms. The van der Waals surface area contributed by atoms with Crippen LogP contribution in [0, 0.1) is 6.92 Å². The maximum Gasteiger partial charge on any atom is 0.251 e. The summed E-state index contributed by atoms with van der Waals surface area (Å²) < 4.78 is 9.31. The topological polar surface area (TPSA) is 119 Å². The predicted octanol–water partition coefficient (Wildman–Crippen LogP) is 3.31. The summed E-state index contributed by atoms with van der Waals surface area (Å²) in [5.74, 6) is 0.856. The molecule has 0 aliphatic heterocycles. The zero-order valence-corrected chi connectivity index (χ0v) is 20.2. The number of hydrogen-bond acceptors (Lipinski definition) is 7. The molecule has 3 N–H and O–H groups in total. The molecule has 1 aromatic carbocycles. The number of rotatable bonds is 8. The summed E-state index contributed by atoms with van der Waals surface area (Å²) in [5.41, 5.74) is 3.50. The Labute approximate surface area is 202 Å². The molecule has 0 unspecified atom stereocenters. The van der Waals surface area contributed by atoms with Crippen molar-refractivity contribution in [3.63, 3.8) is 0 Å². The standard InChI is InChI=1S/C25H29N7O3/c1-15-9-16(5-8-19(15)24(33)29-17-6-7-17)21-12-26-23-20(27-14-25(2,3)34)10-22(30-32(21)23)35-18-11-28-31(4)13-18/h5,8-13,17,27,34H,6-7,14H2,1-4H3,(H,29,33). The van der Waals surface area contributed by atoms with Gasteiger partial charge in [0.15, 0.2) is 11.4 Å². The fraction of sp³-hybridized carbons (Fsp3) is 0.360. The molecule has 0 bridgehead atoms. The van der Waals surface area contributed by atoms with Crippen LogP contribution in [0.4, 0.5) is 5.69 Å². The van der Waals surface area contributed by atoms with Crippen molar-refractivity contribution in [3.8, 4) is 22.9 Å². The van der Waals surface area contributed by atoms with Crippen molar-refractivity contribution in [3.05, 3.63) is 54.0 Å². The Morgan fingerprint density at radius 1 is 1.26 bits per heavy atom. The van der Waals surface area contributed by atoms with Crippen molar-refractivity contribution in [1.82, 2.24) is 29.7 Å². The minimum atomic E-state index is -0.923. The monoisotopic (exact) mass is 475 g/mol. The van der Waals surface area contributed by atoms with E-state index in [0.29, 0.717) is 41.1 Å². The van der Waals surface area contributed by atoms with Crippen molar-refractivity contribution in [2.75, 3.05) is 11.9 Å². The van der Waals surface area contributed by atoms with Crippen LogP contribution in [0.2, 0.25) is 0 Å². The summed E-state index contributed by atoms with van der Waals surface area (Å²) in [6, 6.07) is 7.76. The maximum atomic E-state index is 12.6. The molecule has 4 aromatic rings. The van der Waals surface area contributed by atoms with E-state index in [1.165, 1.54) is 0 Å². The van der Waals surface area contributed by atoms with E-state index < -0.39 is 5.60 Å². The van der Waals surface area contributed by atoms with Gasteiger partial charge in [0, 0.05) is 36.8 Å². The van der Waals surface area contributed by atoms with Crippen molar-refractivity contribution in [2.24, 2.45) is 7.05 Å². The number of imidazole rings is 1. The molecule has 35 heavy (non-hydrogen) atoms.